The number of rotatable bonds is 7. The van der Waals surface area contributed by atoms with Gasteiger partial charge in [-0.1, -0.05) is 164 Å². The second kappa shape index (κ2) is 14.2. The normalized spacial score (nSPS) is 13.2. The fourth-order valence-corrected chi connectivity index (χ4v) is 8.69. The summed E-state index contributed by atoms with van der Waals surface area (Å²) >= 11 is 0. The van der Waals surface area contributed by atoms with Crippen LogP contribution in [0.25, 0.3) is 27.5 Å². The summed E-state index contributed by atoms with van der Waals surface area (Å²) in [6.07, 6.45) is 0. The minimum atomic E-state index is -0.229. The highest BCUT2D eigenvalue weighted by molar-refractivity contribution is 7.14. The number of nitrogens with zero attached hydrogens (tertiary/aromatic N) is 4. The molecule has 0 unspecified atom stereocenters. The first kappa shape index (κ1) is 32.8. The second-order valence-corrected chi connectivity index (χ2v) is 14.1. The highest BCUT2D eigenvalue weighted by Crippen LogP contribution is 2.35. The first-order valence-corrected chi connectivity index (χ1v) is 19.0. The molecular weight excluding hydrogens is 665 g/mol. The van der Waals surface area contributed by atoms with Crippen molar-refractivity contribution in [3.63, 3.8) is 0 Å². The van der Waals surface area contributed by atoms with Crippen LogP contribution >= 0.6 is 0 Å². The lowest BCUT2D eigenvalue weighted by Crippen LogP contribution is -2.86. The zero-order valence-electron chi connectivity index (χ0n) is 30.4. The Morgan fingerprint density at radius 1 is 0.255 bits per heavy atom. The zero-order chi connectivity index (χ0) is 36.6. The maximum absolute atomic E-state index is 2.62. The number of para-hydroxylation sites is 5. The Bertz CT molecular complexity index is 2550. The number of hydrogen-bond donors (Lipinski definition) is 0. The van der Waals surface area contributed by atoms with Crippen molar-refractivity contribution in [3.8, 4) is 5.69 Å². The van der Waals surface area contributed by atoms with Gasteiger partial charge in [-0.3, -0.25) is 0 Å². The molecule has 1 aliphatic rings. The lowest BCUT2D eigenvalue weighted by atomic mass is 9.37. The van der Waals surface area contributed by atoms with Crippen LogP contribution in [-0.2, 0) is 0 Å². The van der Waals surface area contributed by atoms with E-state index in [9.17, 15) is 0 Å². The van der Waals surface area contributed by atoms with E-state index in [-0.39, 0.29) is 20.9 Å². The largest absolute Gasteiger partial charge is 0.416 e. The Balaban J connectivity index is 1.30. The van der Waals surface area contributed by atoms with Gasteiger partial charge in [0.2, 0.25) is 0 Å². The van der Waals surface area contributed by atoms with Gasteiger partial charge in [-0.05, 0) is 77.1 Å². The molecule has 1 aliphatic heterocycles. The van der Waals surface area contributed by atoms with Crippen LogP contribution in [0.4, 0.5) is 17.1 Å². The summed E-state index contributed by atoms with van der Waals surface area (Å²) in [6.45, 7) is -0.593. The molecule has 0 atom stereocenters. The van der Waals surface area contributed by atoms with E-state index in [1.54, 1.807) is 0 Å². The van der Waals surface area contributed by atoms with E-state index >= 15 is 0 Å². The number of aromatic nitrogens is 1. The molecule has 0 N–H and O–H groups in total. The molecule has 10 rings (SSSR count). The molecule has 7 heteroatoms. The van der Waals surface area contributed by atoms with E-state index in [0.717, 1.165) is 22.7 Å². The molecule has 0 aliphatic carbocycles. The van der Waals surface area contributed by atoms with E-state index in [1.165, 1.54) is 38.2 Å². The topological polar surface area (TPSA) is 14.7 Å². The smallest absolute Gasteiger partial charge is 0.389 e. The standard InChI is InChI=1S/C48H37B3N4/c1-6-21-38(22-7-1)49-53(41-26-10-3-11-27-41)50(39-23-8-2-9-24-39)55(43-30-14-5-15-31-43)51(54(49)42-28-12-4-13-29-42)40-25-20-32-44(37-40)52-47-35-18-16-33-45(47)46-34-17-19-36-48(46)52/h1-37H. The summed E-state index contributed by atoms with van der Waals surface area (Å²) in [6, 6.07) is 81.6. The molecule has 0 spiro atoms. The third-order valence-corrected chi connectivity index (χ3v) is 10.9. The molecule has 1 aromatic heterocycles. The Morgan fingerprint density at radius 2 is 0.564 bits per heavy atom. The molecule has 258 valence electrons. The van der Waals surface area contributed by atoms with Gasteiger partial charge in [-0.15, -0.1) is 0 Å². The van der Waals surface area contributed by atoms with E-state index in [2.05, 4.69) is 243 Å². The highest BCUT2D eigenvalue weighted by Gasteiger charge is 2.55. The Labute approximate surface area is 323 Å². The summed E-state index contributed by atoms with van der Waals surface area (Å²) in [7, 11) is 0. The van der Waals surface area contributed by atoms with Crippen molar-refractivity contribution in [2.24, 2.45) is 0 Å². The lowest BCUT2D eigenvalue weighted by molar-refractivity contribution is 1.18. The highest BCUT2D eigenvalue weighted by atomic mass is 15.3. The predicted molar refractivity (Wildman–Crippen MR) is 237 cm³/mol. The van der Waals surface area contributed by atoms with Crippen molar-refractivity contribution >= 4 is 76.2 Å². The van der Waals surface area contributed by atoms with Crippen LogP contribution in [0.1, 0.15) is 0 Å². The van der Waals surface area contributed by atoms with Gasteiger partial charge in [-0.25, -0.2) is 0 Å². The van der Waals surface area contributed by atoms with Crippen molar-refractivity contribution in [1.82, 2.24) is 4.57 Å². The van der Waals surface area contributed by atoms with Gasteiger partial charge >= 0.3 is 20.9 Å². The molecule has 4 nitrogen and oxygen atoms in total. The van der Waals surface area contributed by atoms with E-state index < -0.39 is 0 Å². The summed E-state index contributed by atoms with van der Waals surface area (Å²) in [5.41, 5.74) is 10.6. The molecule has 0 saturated carbocycles. The molecular formula is C48H37B3N4. The number of fused-ring (bicyclic) bond motifs is 3. The summed E-state index contributed by atoms with van der Waals surface area (Å²) < 4.78 is 10.3. The first-order valence-electron chi connectivity index (χ1n) is 19.0. The molecule has 0 radical (unpaired) electrons. The van der Waals surface area contributed by atoms with Crippen LogP contribution in [0.3, 0.4) is 0 Å². The minimum absolute atomic E-state index is 0.182. The molecule has 1 fully saturated rings. The van der Waals surface area contributed by atoms with E-state index in [4.69, 9.17) is 0 Å². The number of hydrogen-bond acceptors (Lipinski definition) is 3. The summed E-state index contributed by atoms with van der Waals surface area (Å²) in [5.74, 6) is 0. The van der Waals surface area contributed by atoms with E-state index in [1.807, 2.05) is 0 Å². The maximum atomic E-state index is 2.62. The van der Waals surface area contributed by atoms with Gasteiger partial charge in [0.05, 0.1) is 11.0 Å². The number of anilines is 3. The van der Waals surface area contributed by atoms with Crippen LogP contribution in [0.5, 0.6) is 0 Å². The Hall–Kier alpha value is -6.85. The average Bonchev–Trinajstić information content (AvgIpc) is 3.61. The molecule has 2 heterocycles. The molecule has 8 aromatic carbocycles. The van der Waals surface area contributed by atoms with Gasteiger partial charge in [0.25, 0.3) is 0 Å². The SMILES string of the molecule is c1ccc(B2N(c3ccccc3)B(c3ccccc3)N(c3ccccc3)B(c3cccc(-n4c5ccccc5c5ccccc54)c3)N2c2ccccc2)cc1. The summed E-state index contributed by atoms with van der Waals surface area (Å²) in [4.78, 5) is 0. The van der Waals surface area contributed by atoms with Crippen LogP contribution < -0.4 is 30.6 Å². The van der Waals surface area contributed by atoms with Gasteiger partial charge < -0.3 is 18.7 Å². The second-order valence-electron chi connectivity index (χ2n) is 14.1. The predicted octanol–water partition coefficient (Wildman–Crippen LogP) is 8.80. The van der Waals surface area contributed by atoms with Gasteiger partial charge in [-0.2, -0.15) is 0 Å². The van der Waals surface area contributed by atoms with Crippen molar-refractivity contribution in [2.75, 3.05) is 14.2 Å². The third-order valence-electron chi connectivity index (χ3n) is 10.9. The van der Waals surface area contributed by atoms with Gasteiger partial charge in [0.1, 0.15) is 0 Å². The van der Waals surface area contributed by atoms with Crippen molar-refractivity contribution in [1.29, 1.82) is 0 Å². The van der Waals surface area contributed by atoms with Crippen LogP contribution in [0, 0.1) is 0 Å². The molecule has 55 heavy (non-hydrogen) atoms. The lowest BCUT2D eigenvalue weighted by Gasteiger charge is -2.57. The van der Waals surface area contributed by atoms with Crippen molar-refractivity contribution in [3.05, 3.63) is 224 Å². The first-order chi connectivity index (χ1) is 27.3. The Kier molecular flexibility index (Phi) is 8.45. The minimum Gasteiger partial charge on any atom is -0.416 e. The van der Waals surface area contributed by atoms with Crippen LogP contribution in [-0.4, -0.2) is 25.5 Å². The summed E-state index contributed by atoms with van der Waals surface area (Å²) in [5, 5.41) is 2.51. The molecule has 0 amide bonds. The van der Waals surface area contributed by atoms with Crippen LogP contribution in [0.2, 0.25) is 0 Å². The number of benzene rings is 8. The average molecular weight is 702 g/mol. The molecule has 0 bridgehead atoms. The molecule has 1 saturated heterocycles. The fourth-order valence-electron chi connectivity index (χ4n) is 8.69. The van der Waals surface area contributed by atoms with Gasteiger partial charge in [0, 0.05) is 33.5 Å². The molecule has 9 aromatic rings. The van der Waals surface area contributed by atoms with Crippen LogP contribution in [0.15, 0.2) is 224 Å². The fraction of sp³-hybridized carbons (Fsp3) is 0. The third kappa shape index (κ3) is 5.76. The van der Waals surface area contributed by atoms with Crippen molar-refractivity contribution in [2.45, 2.75) is 0 Å². The quantitative estimate of drug-likeness (QED) is 0.155. The maximum Gasteiger partial charge on any atom is 0.389 e. The van der Waals surface area contributed by atoms with E-state index in [0.29, 0.717) is 0 Å². The Morgan fingerprint density at radius 3 is 0.982 bits per heavy atom. The van der Waals surface area contributed by atoms with Gasteiger partial charge in [0.15, 0.2) is 0 Å². The zero-order valence-corrected chi connectivity index (χ0v) is 30.4. The monoisotopic (exact) mass is 702 g/mol. The van der Waals surface area contributed by atoms with Crippen molar-refractivity contribution < 1.29 is 0 Å².